The van der Waals surface area contributed by atoms with E-state index >= 15 is 0 Å². The molecule has 0 aromatic carbocycles. The quantitative estimate of drug-likeness (QED) is 0.917. The van der Waals surface area contributed by atoms with E-state index in [2.05, 4.69) is 33.6 Å². The summed E-state index contributed by atoms with van der Waals surface area (Å²) in [4.78, 5) is 12.9. The zero-order chi connectivity index (χ0) is 13.9. The van der Waals surface area contributed by atoms with Crippen LogP contribution in [0, 0.1) is 12.8 Å². The van der Waals surface area contributed by atoms with Gasteiger partial charge in [-0.1, -0.05) is 0 Å². The molecule has 0 amide bonds. The van der Waals surface area contributed by atoms with Gasteiger partial charge in [-0.2, -0.15) is 0 Å². The number of hydrogen-bond donors (Lipinski definition) is 1. The standard InChI is InChI=1S/C16H28N4/c1-13-16(18-12-17-13)11-19-9-5-15(6-10-19)14(2)20-7-3-4-8-20/h12,14-15H,3-11H2,1-2H3,(H,17,18). The molecule has 1 N–H and O–H groups in total. The zero-order valence-electron chi connectivity index (χ0n) is 12.9. The third kappa shape index (κ3) is 3.07. The lowest BCUT2D eigenvalue weighted by Crippen LogP contribution is -2.43. The Morgan fingerprint density at radius 3 is 2.55 bits per heavy atom. The third-order valence-electron chi connectivity index (χ3n) is 5.34. The van der Waals surface area contributed by atoms with Gasteiger partial charge in [0.1, 0.15) is 0 Å². The maximum atomic E-state index is 4.42. The SMILES string of the molecule is Cc1[nH]cnc1CN1CCC(C(C)N2CCCC2)CC1. The van der Waals surface area contributed by atoms with Gasteiger partial charge in [0.05, 0.1) is 12.0 Å². The summed E-state index contributed by atoms with van der Waals surface area (Å²) in [5, 5.41) is 0. The summed E-state index contributed by atoms with van der Waals surface area (Å²) in [6.07, 6.45) is 7.32. The molecular weight excluding hydrogens is 248 g/mol. The minimum Gasteiger partial charge on any atom is -0.348 e. The van der Waals surface area contributed by atoms with Gasteiger partial charge in [-0.05, 0) is 71.6 Å². The Labute approximate surface area is 122 Å². The number of hydrogen-bond acceptors (Lipinski definition) is 3. The summed E-state index contributed by atoms with van der Waals surface area (Å²) >= 11 is 0. The fourth-order valence-electron chi connectivity index (χ4n) is 3.80. The maximum Gasteiger partial charge on any atom is 0.0925 e. The van der Waals surface area contributed by atoms with Crippen LogP contribution in [-0.2, 0) is 6.54 Å². The predicted molar refractivity (Wildman–Crippen MR) is 81.6 cm³/mol. The number of aromatic nitrogens is 2. The number of likely N-dealkylation sites (tertiary alicyclic amines) is 2. The molecule has 0 spiro atoms. The number of aromatic amines is 1. The Morgan fingerprint density at radius 1 is 1.25 bits per heavy atom. The summed E-state index contributed by atoms with van der Waals surface area (Å²) in [7, 11) is 0. The van der Waals surface area contributed by atoms with Crippen molar-refractivity contribution in [1.82, 2.24) is 19.8 Å². The largest absolute Gasteiger partial charge is 0.348 e. The molecule has 2 fully saturated rings. The number of nitrogens with one attached hydrogen (secondary N) is 1. The average molecular weight is 276 g/mol. The highest BCUT2D eigenvalue weighted by atomic mass is 15.2. The normalized spacial score (nSPS) is 24.3. The zero-order valence-corrected chi connectivity index (χ0v) is 12.9. The first-order valence-corrected chi connectivity index (χ1v) is 8.19. The van der Waals surface area contributed by atoms with Crippen molar-refractivity contribution in [3.8, 4) is 0 Å². The Balaban J connectivity index is 1.48. The summed E-state index contributed by atoms with van der Waals surface area (Å²) in [6, 6.07) is 0.784. The van der Waals surface area contributed by atoms with Gasteiger partial charge in [-0.3, -0.25) is 4.90 Å². The lowest BCUT2D eigenvalue weighted by Gasteiger charge is -2.38. The van der Waals surface area contributed by atoms with Crippen LogP contribution in [0.5, 0.6) is 0 Å². The van der Waals surface area contributed by atoms with Crippen molar-refractivity contribution >= 4 is 0 Å². The second-order valence-corrected chi connectivity index (χ2v) is 6.57. The van der Waals surface area contributed by atoms with Crippen molar-refractivity contribution in [3.05, 3.63) is 17.7 Å². The highest BCUT2D eigenvalue weighted by Crippen LogP contribution is 2.27. The fraction of sp³-hybridized carbons (Fsp3) is 0.812. The van der Waals surface area contributed by atoms with Crippen LogP contribution in [0.25, 0.3) is 0 Å². The van der Waals surface area contributed by atoms with Crippen LogP contribution in [0.4, 0.5) is 0 Å². The second kappa shape index (κ2) is 6.27. The average Bonchev–Trinajstić information content (AvgIpc) is 3.12. The molecule has 0 radical (unpaired) electrons. The topological polar surface area (TPSA) is 35.2 Å². The van der Waals surface area contributed by atoms with E-state index in [-0.39, 0.29) is 0 Å². The highest BCUT2D eigenvalue weighted by Gasteiger charge is 2.29. The van der Waals surface area contributed by atoms with Gasteiger partial charge in [0.2, 0.25) is 0 Å². The number of imidazole rings is 1. The van der Waals surface area contributed by atoms with Crippen molar-refractivity contribution < 1.29 is 0 Å². The Kier molecular flexibility index (Phi) is 4.41. The van der Waals surface area contributed by atoms with Crippen LogP contribution in [0.2, 0.25) is 0 Å². The Hall–Kier alpha value is -0.870. The van der Waals surface area contributed by atoms with Crippen molar-refractivity contribution in [1.29, 1.82) is 0 Å². The Bertz CT molecular complexity index is 414. The molecule has 3 heterocycles. The van der Waals surface area contributed by atoms with E-state index in [1.165, 1.54) is 63.3 Å². The maximum absolute atomic E-state index is 4.42. The number of rotatable bonds is 4. The molecule has 1 unspecified atom stereocenters. The minimum atomic E-state index is 0.784. The lowest BCUT2D eigenvalue weighted by atomic mass is 9.89. The van der Waals surface area contributed by atoms with E-state index in [4.69, 9.17) is 0 Å². The van der Waals surface area contributed by atoms with Gasteiger partial charge in [-0.15, -0.1) is 0 Å². The van der Waals surface area contributed by atoms with E-state index < -0.39 is 0 Å². The highest BCUT2D eigenvalue weighted by molar-refractivity contribution is 5.08. The molecule has 1 aromatic rings. The molecule has 4 heteroatoms. The molecule has 1 atom stereocenters. The van der Waals surface area contributed by atoms with E-state index in [1.807, 2.05) is 6.33 Å². The summed E-state index contributed by atoms with van der Waals surface area (Å²) in [5.41, 5.74) is 2.44. The number of nitrogens with zero attached hydrogens (tertiary/aromatic N) is 3. The van der Waals surface area contributed by atoms with Gasteiger partial charge in [0.25, 0.3) is 0 Å². The second-order valence-electron chi connectivity index (χ2n) is 6.57. The van der Waals surface area contributed by atoms with E-state index in [0.29, 0.717) is 0 Å². The molecule has 0 bridgehead atoms. The van der Waals surface area contributed by atoms with Crippen LogP contribution in [0.3, 0.4) is 0 Å². The molecule has 0 aliphatic carbocycles. The molecule has 2 aliphatic heterocycles. The number of aryl methyl sites for hydroxylation is 1. The molecule has 2 saturated heterocycles. The van der Waals surface area contributed by atoms with Crippen LogP contribution in [0.15, 0.2) is 6.33 Å². The van der Waals surface area contributed by atoms with E-state index in [9.17, 15) is 0 Å². The number of H-pyrrole nitrogens is 1. The molecule has 20 heavy (non-hydrogen) atoms. The molecule has 1 aromatic heterocycles. The van der Waals surface area contributed by atoms with Crippen LogP contribution >= 0.6 is 0 Å². The van der Waals surface area contributed by atoms with Crippen molar-refractivity contribution in [2.45, 2.75) is 52.1 Å². The molecule has 0 saturated carbocycles. The molecule has 112 valence electrons. The summed E-state index contributed by atoms with van der Waals surface area (Å²) < 4.78 is 0. The van der Waals surface area contributed by atoms with E-state index in [1.54, 1.807) is 0 Å². The van der Waals surface area contributed by atoms with Crippen LogP contribution < -0.4 is 0 Å². The minimum absolute atomic E-state index is 0.784. The molecule has 2 aliphatic rings. The molecule has 4 nitrogen and oxygen atoms in total. The van der Waals surface area contributed by atoms with Gasteiger partial charge in [0.15, 0.2) is 0 Å². The third-order valence-corrected chi connectivity index (χ3v) is 5.34. The summed E-state index contributed by atoms with van der Waals surface area (Å²) in [5.74, 6) is 0.893. The van der Waals surface area contributed by atoms with Crippen LogP contribution in [-0.4, -0.2) is 52.0 Å². The number of piperidine rings is 1. The molecular formula is C16H28N4. The Morgan fingerprint density at radius 2 is 1.95 bits per heavy atom. The van der Waals surface area contributed by atoms with Crippen molar-refractivity contribution in [2.24, 2.45) is 5.92 Å². The summed E-state index contributed by atoms with van der Waals surface area (Å²) in [6.45, 7) is 10.7. The first-order chi connectivity index (χ1) is 9.74. The van der Waals surface area contributed by atoms with Gasteiger partial charge in [-0.25, -0.2) is 4.98 Å². The first kappa shape index (κ1) is 14.1. The first-order valence-electron chi connectivity index (χ1n) is 8.19. The fourth-order valence-corrected chi connectivity index (χ4v) is 3.80. The van der Waals surface area contributed by atoms with Gasteiger partial charge < -0.3 is 9.88 Å². The molecule has 3 rings (SSSR count). The monoisotopic (exact) mass is 276 g/mol. The smallest absolute Gasteiger partial charge is 0.0925 e. The van der Waals surface area contributed by atoms with Gasteiger partial charge >= 0.3 is 0 Å². The van der Waals surface area contributed by atoms with Crippen molar-refractivity contribution in [2.75, 3.05) is 26.2 Å². The predicted octanol–water partition coefficient (Wildman–Crippen LogP) is 2.41. The van der Waals surface area contributed by atoms with Gasteiger partial charge in [0, 0.05) is 18.3 Å². The van der Waals surface area contributed by atoms with E-state index in [0.717, 1.165) is 18.5 Å². The van der Waals surface area contributed by atoms with Crippen LogP contribution in [0.1, 0.15) is 44.0 Å². The van der Waals surface area contributed by atoms with Crippen molar-refractivity contribution in [3.63, 3.8) is 0 Å². The lowest BCUT2D eigenvalue weighted by molar-refractivity contribution is 0.107.